The van der Waals surface area contributed by atoms with Gasteiger partial charge in [0.25, 0.3) is 10.1 Å². The molecule has 0 N–H and O–H groups in total. The summed E-state index contributed by atoms with van der Waals surface area (Å²) in [5, 5.41) is 0. The van der Waals surface area contributed by atoms with Gasteiger partial charge in [-0.3, -0.25) is 4.18 Å². The second-order valence-electron chi connectivity index (χ2n) is 6.76. The molecule has 1 unspecified atom stereocenters. The van der Waals surface area contributed by atoms with E-state index in [-0.39, 0.29) is 18.1 Å². The molecule has 0 amide bonds. The summed E-state index contributed by atoms with van der Waals surface area (Å²) in [6.45, 7) is 5.67. The first kappa shape index (κ1) is 18.6. The van der Waals surface area contributed by atoms with E-state index in [2.05, 4.69) is 9.97 Å². The highest BCUT2D eigenvalue weighted by Gasteiger charge is 2.27. The van der Waals surface area contributed by atoms with E-state index in [4.69, 9.17) is 13.7 Å². The molecule has 1 aliphatic rings. The predicted octanol–water partition coefficient (Wildman–Crippen LogP) is 3.10. The van der Waals surface area contributed by atoms with E-state index in [9.17, 15) is 8.42 Å². The molecule has 0 radical (unpaired) electrons. The summed E-state index contributed by atoms with van der Waals surface area (Å²) in [7, 11) is -3.87. The highest BCUT2D eigenvalue weighted by Crippen LogP contribution is 2.37. The van der Waals surface area contributed by atoms with Crippen molar-refractivity contribution in [3.63, 3.8) is 0 Å². The molecule has 3 aromatic rings. The first-order valence-electron chi connectivity index (χ1n) is 8.87. The summed E-state index contributed by atoms with van der Waals surface area (Å²) >= 11 is 0. The van der Waals surface area contributed by atoms with Crippen molar-refractivity contribution < 1.29 is 22.1 Å². The van der Waals surface area contributed by atoms with E-state index in [0.29, 0.717) is 22.5 Å². The molecular weight excluding hydrogens is 380 g/mol. The molecule has 146 valence electrons. The predicted molar refractivity (Wildman–Crippen MR) is 103 cm³/mol. The van der Waals surface area contributed by atoms with Gasteiger partial charge in [-0.15, -0.1) is 0 Å². The average molecular weight is 400 g/mol. The van der Waals surface area contributed by atoms with Gasteiger partial charge in [0.1, 0.15) is 18.7 Å². The van der Waals surface area contributed by atoms with Gasteiger partial charge in [-0.2, -0.15) is 8.42 Å². The largest absolute Gasteiger partial charge is 0.486 e. The van der Waals surface area contributed by atoms with Crippen molar-refractivity contribution in [2.24, 2.45) is 0 Å². The van der Waals surface area contributed by atoms with Crippen molar-refractivity contribution in [2.75, 3.05) is 13.2 Å². The van der Waals surface area contributed by atoms with Crippen molar-refractivity contribution in [3.05, 3.63) is 53.3 Å². The van der Waals surface area contributed by atoms with Gasteiger partial charge in [-0.25, -0.2) is 9.97 Å². The Morgan fingerprint density at radius 2 is 1.75 bits per heavy atom. The van der Waals surface area contributed by atoms with E-state index < -0.39 is 16.2 Å². The van der Waals surface area contributed by atoms with Crippen LogP contribution in [0.1, 0.15) is 17.0 Å². The molecule has 0 fully saturated rings. The summed E-state index contributed by atoms with van der Waals surface area (Å²) in [5.41, 5.74) is 3.89. The average Bonchev–Trinajstić information content (AvgIpc) is 2.68. The molecule has 7 nitrogen and oxygen atoms in total. The number of nitrogens with zero attached hydrogens (tertiary/aromatic N) is 2. The fourth-order valence-electron chi connectivity index (χ4n) is 2.88. The molecule has 4 rings (SSSR count). The van der Waals surface area contributed by atoms with Crippen molar-refractivity contribution >= 4 is 21.2 Å². The number of hydrogen-bond donors (Lipinski definition) is 0. The highest BCUT2D eigenvalue weighted by atomic mass is 32.2. The van der Waals surface area contributed by atoms with Crippen LogP contribution in [0.4, 0.5) is 0 Å². The third kappa shape index (κ3) is 3.53. The van der Waals surface area contributed by atoms with Gasteiger partial charge in [-0.1, -0.05) is 17.7 Å². The molecule has 0 aliphatic carbocycles. The summed E-state index contributed by atoms with van der Waals surface area (Å²) < 4.78 is 41.7. The van der Waals surface area contributed by atoms with Crippen LogP contribution in [0.25, 0.3) is 11.0 Å². The quantitative estimate of drug-likeness (QED) is 0.622. The van der Waals surface area contributed by atoms with Crippen molar-refractivity contribution in [1.82, 2.24) is 9.97 Å². The molecule has 2 aromatic carbocycles. The molecule has 28 heavy (non-hydrogen) atoms. The molecule has 2 heterocycles. The monoisotopic (exact) mass is 400 g/mol. The van der Waals surface area contributed by atoms with Crippen LogP contribution in [0.2, 0.25) is 0 Å². The number of hydrogen-bond acceptors (Lipinski definition) is 7. The maximum Gasteiger partial charge on any atom is 0.297 e. The zero-order chi connectivity index (χ0) is 19.9. The summed E-state index contributed by atoms with van der Waals surface area (Å²) in [6, 6.07) is 10.1. The minimum atomic E-state index is -3.87. The second kappa shape index (κ2) is 7.03. The third-order valence-corrected chi connectivity index (χ3v) is 5.89. The summed E-state index contributed by atoms with van der Waals surface area (Å²) in [6.07, 6.45) is -0.582. The highest BCUT2D eigenvalue weighted by molar-refractivity contribution is 7.86. The van der Waals surface area contributed by atoms with Crippen LogP contribution in [-0.2, 0) is 14.3 Å². The van der Waals surface area contributed by atoms with Crippen LogP contribution in [0.5, 0.6) is 11.5 Å². The normalized spacial score (nSPS) is 16.3. The zero-order valence-corrected chi connectivity index (χ0v) is 16.6. The van der Waals surface area contributed by atoms with Crippen molar-refractivity contribution in [3.8, 4) is 11.5 Å². The standard InChI is InChI=1S/C20H20N2O5S/c1-12-4-6-16(7-5-12)28(23,24)26-11-15-10-25-18-9-8-17-19(20(18)27-15)22-14(3)13(2)21-17/h4-9,15H,10-11H2,1-3H3. The van der Waals surface area contributed by atoms with Crippen LogP contribution >= 0.6 is 0 Å². The Labute approximate surface area is 163 Å². The fourth-order valence-corrected chi connectivity index (χ4v) is 3.82. The van der Waals surface area contributed by atoms with Crippen LogP contribution in [0, 0.1) is 20.8 Å². The lowest BCUT2D eigenvalue weighted by molar-refractivity contribution is 0.0569. The lowest BCUT2D eigenvalue weighted by Gasteiger charge is -2.26. The van der Waals surface area contributed by atoms with E-state index in [1.165, 1.54) is 12.1 Å². The maximum atomic E-state index is 12.4. The number of aryl methyl sites for hydroxylation is 3. The lowest BCUT2D eigenvalue weighted by Crippen LogP contribution is -2.34. The smallest absolute Gasteiger partial charge is 0.297 e. The number of fused-ring (bicyclic) bond motifs is 3. The molecular formula is C20H20N2O5S. The van der Waals surface area contributed by atoms with Crippen LogP contribution in [0.3, 0.4) is 0 Å². The molecule has 8 heteroatoms. The maximum absolute atomic E-state index is 12.4. The van der Waals surface area contributed by atoms with Crippen molar-refractivity contribution in [2.45, 2.75) is 31.8 Å². The Hall–Kier alpha value is -2.71. The number of rotatable bonds is 4. The first-order valence-corrected chi connectivity index (χ1v) is 10.3. The van der Waals surface area contributed by atoms with Crippen molar-refractivity contribution in [1.29, 1.82) is 0 Å². The molecule has 0 saturated heterocycles. The molecule has 0 spiro atoms. The summed E-state index contributed by atoms with van der Waals surface area (Å²) in [4.78, 5) is 9.19. The third-order valence-electron chi connectivity index (χ3n) is 4.59. The van der Waals surface area contributed by atoms with E-state index in [0.717, 1.165) is 17.0 Å². The Morgan fingerprint density at radius 1 is 1.04 bits per heavy atom. The number of aromatic nitrogens is 2. The minimum Gasteiger partial charge on any atom is -0.486 e. The SMILES string of the molecule is Cc1ccc(S(=O)(=O)OCC2COc3ccc4nc(C)c(C)nc4c3O2)cc1. The van der Waals surface area contributed by atoms with Crippen LogP contribution in [0.15, 0.2) is 41.3 Å². The van der Waals surface area contributed by atoms with Gasteiger partial charge in [0, 0.05) is 0 Å². The van der Waals surface area contributed by atoms with Crippen LogP contribution < -0.4 is 9.47 Å². The Balaban J connectivity index is 1.54. The lowest BCUT2D eigenvalue weighted by atomic mass is 10.2. The molecule has 1 aliphatic heterocycles. The van der Waals surface area contributed by atoms with Gasteiger partial charge >= 0.3 is 0 Å². The van der Waals surface area contributed by atoms with Gasteiger partial charge < -0.3 is 9.47 Å². The molecule has 1 aromatic heterocycles. The molecule has 0 bridgehead atoms. The van der Waals surface area contributed by atoms with E-state index in [1.54, 1.807) is 18.2 Å². The fraction of sp³-hybridized carbons (Fsp3) is 0.300. The zero-order valence-electron chi connectivity index (χ0n) is 15.8. The Bertz CT molecular complexity index is 1140. The van der Waals surface area contributed by atoms with Gasteiger partial charge in [0.2, 0.25) is 0 Å². The topological polar surface area (TPSA) is 87.6 Å². The Morgan fingerprint density at radius 3 is 2.50 bits per heavy atom. The minimum absolute atomic E-state index is 0.109. The van der Waals surface area contributed by atoms with Gasteiger partial charge in [0.05, 0.1) is 21.8 Å². The van der Waals surface area contributed by atoms with Crippen LogP contribution in [-0.4, -0.2) is 37.7 Å². The first-order chi connectivity index (χ1) is 13.3. The van der Waals surface area contributed by atoms with Gasteiger partial charge in [-0.05, 0) is 45.0 Å². The van der Waals surface area contributed by atoms with E-state index in [1.807, 2.05) is 26.8 Å². The molecule has 1 atom stereocenters. The number of benzene rings is 2. The Kier molecular flexibility index (Phi) is 4.68. The number of ether oxygens (including phenoxy) is 2. The van der Waals surface area contributed by atoms with E-state index >= 15 is 0 Å². The second-order valence-corrected chi connectivity index (χ2v) is 8.37. The molecule has 0 saturated carbocycles. The summed E-state index contributed by atoms with van der Waals surface area (Å²) in [5.74, 6) is 1.02. The van der Waals surface area contributed by atoms with Gasteiger partial charge in [0.15, 0.2) is 17.6 Å².